The summed E-state index contributed by atoms with van der Waals surface area (Å²) < 4.78 is 34.3. The number of ether oxygens (including phenoxy) is 1. The molecule has 0 bridgehead atoms. The number of amides is 2. The van der Waals surface area contributed by atoms with Crippen LogP contribution in [0.25, 0.3) is 0 Å². The summed E-state index contributed by atoms with van der Waals surface area (Å²) in [6.07, 6.45) is 1.04. The molecule has 0 aliphatic heterocycles. The third-order valence-corrected chi connectivity index (χ3v) is 8.79. The van der Waals surface area contributed by atoms with Gasteiger partial charge in [-0.15, -0.1) is 0 Å². The van der Waals surface area contributed by atoms with Gasteiger partial charge in [0.1, 0.15) is 18.3 Å². The van der Waals surface area contributed by atoms with Crippen molar-refractivity contribution in [2.24, 2.45) is 0 Å². The van der Waals surface area contributed by atoms with Gasteiger partial charge in [0.2, 0.25) is 11.8 Å². The average Bonchev–Trinajstić information content (AvgIpc) is 2.96. The molecule has 0 fully saturated rings. The van der Waals surface area contributed by atoms with E-state index in [1.165, 1.54) is 24.1 Å². The van der Waals surface area contributed by atoms with Crippen LogP contribution in [0.1, 0.15) is 39.2 Å². The molecule has 3 rings (SSSR count). The first-order chi connectivity index (χ1) is 19.1. The number of hydrogen-bond donors (Lipinski definition) is 1. The Bertz CT molecular complexity index is 1400. The van der Waals surface area contributed by atoms with Gasteiger partial charge in [-0.2, -0.15) is 0 Å². The molecule has 0 heterocycles. The smallest absolute Gasteiger partial charge is 0.264 e. The Morgan fingerprint density at radius 1 is 0.925 bits per heavy atom. The number of anilines is 1. The van der Waals surface area contributed by atoms with Crippen LogP contribution in [-0.4, -0.2) is 50.9 Å². The van der Waals surface area contributed by atoms with E-state index >= 15 is 0 Å². The number of sulfonamides is 1. The molecular weight excluding hydrogens is 550 g/mol. The van der Waals surface area contributed by atoms with Crippen LogP contribution in [0, 0.1) is 0 Å². The van der Waals surface area contributed by atoms with E-state index < -0.39 is 28.5 Å². The lowest BCUT2D eigenvalue weighted by atomic mass is 10.1. The van der Waals surface area contributed by atoms with Crippen molar-refractivity contribution < 1.29 is 22.7 Å². The molecule has 2 unspecified atom stereocenters. The quantitative estimate of drug-likeness (QED) is 0.295. The van der Waals surface area contributed by atoms with Crippen LogP contribution >= 0.6 is 11.6 Å². The van der Waals surface area contributed by atoms with Crippen molar-refractivity contribution >= 4 is 39.1 Å². The van der Waals surface area contributed by atoms with E-state index in [0.29, 0.717) is 17.0 Å². The second-order valence-electron chi connectivity index (χ2n) is 9.35. The lowest BCUT2D eigenvalue weighted by molar-refractivity contribution is -0.140. The zero-order chi connectivity index (χ0) is 29.3. The Morgan fingerprint density at radius 2 is 1.55 bits per heavy atom. The number of nitrogens with zero attached hydrogens (tertiary/aromatic N) is 2. The number of benzene rings is 3. The van der Waals surface area contributed by atoms with E-state index in [9.17, 15) is 18.0 Å². The number of hydrogen-bond acceptors (Lipinski definition) is 5. The predicted octanol–water partition coefficient (Wildman–Crippen LogP) is 5.27. The number of para-hydroxylation sites is 2. The Morgan fingerprint density at radius 3 is 2.17 bits per heavy atom. The molecule has 0 saturated carbocycles. The lowest BCUT2D eigenvalue weighted by Gasteiger charge is -2.34. The first-order valence-electron chi connectivity index (χ1n) is 13.2. The summed E-state index contributed by atoms with van der Waals surface area (Å²) >= 11 is 6.44. The van der Waals surface area contributed by atoms with Crippen molar-refractivity contribution in [1.29, 1.82) is 0 Å². The highest BCUT2D eigenvalue weighted by atomic mass is 35.5. The highest BCUT2D eigenvalue weighted by Crippen LogP contribution is 2.32. The van der Waals surface area contributed by atoms with Gasteiger partial charge in [0.25, 0.3) is 10.0 Å². The van der Waals surface area contributed by atoms with Crippen molar-refractivity contribution in [3.05, 3.63) is 89.4 Å². The molecule has 2 atom stereocenters. The molecule has 0 aromatic heterocycles. The van der Waals surface area contributed by atoms with E-state index in [-0.39, 0.29) is 34.8 Å². The second kappa shape index (κ2) is 14.2. The Kier molecular flexibility index (Phi) is 11.0. The van der Waals surface area contributed by atoms with Crippen LogP contribution in [0.4, 0.5) is 5.69 Å². The van der Waals surface area contributed by atoms with Gasteiger partial charge in [-0.3, -0.25) is 13.9 Å². The van der Waals surface area contributed by atoms with Gasteiger partial charge in [-0.25, -0.2) is 8.42 Å². The molecule has 0 radical (unpaired) electrons. The van der Waals surface area contributed by atoms with Gasteiger partial charge in [0.15, 0.2) is 0 Å². The molecule has 0 saturated heterocycles. The van der Waals surface area contributed by atoms with Crippen LogP contribution < -0.4 is 14.4 Å². The predicted molar refractivity (Wildman–Crippen MR) is 158 cm³/mol. The summed E-state index contributed by atoms with van der Waals surface area (Å²) in [5, 5.41) is 3.40. The van der Waals surface area contributed by atoms with Gasteiger partial charge in [0, 0.05) is 17.6 Å². The second-order valence-corrected chi connectivity index (χ2v) is 11.6. The molecule has 1 N–H and O–H groups in total. The average molecular weight is 586 g/mol. The topological polar surface area (TPSA) is 96.0 Å². The van der Waals surface area contributed by atoms with Crippen LogP contribution in [-0.2, 0) is 26.2 Å². The SMILES string of the molecule is CCC(C)NC(=O)C(CC)N(Cc1ccccc1Cl)C(=O)CN(c1ccccc1OC)S(=O)(=O)c1ccccc1. The molecule has 0 aliphatic rings. The van der Waals surface area contributed by atoms with Gasteiger partial charge in [0.05, 0.1) is 17.7 Å². The largest absolute Gasteiger partial charge is 0.495 e. The number of carbonyl (C=O) groups excluding carboxylic acids is 2. The van der Waals surface area contributed by atoms with Gasteiger partial charge >= 0.3 is 0 Å². The maximum Gasteiger partial charge on any atom is 0.264 e. The standard InChI is InChI=1S/C30H36ClN3O5S/c1-5-22(3)32-30(36)26(6-2)33(20-23-14-10-11-17-25(23)31)29(35)21-34(27-18-12-13-19-28(27)39-4)40(37,38)24-15-8-7-9-16-24/h7-19,22,26H,5-6,20-21H2,1-4H3,(H,32,36). The number of nitrogens with one attached hydrogen (secondary N) is 1. The molecule has 10 heteroatoms. The summed E-state index contributed by atoms with van der Waals surface area (Å²) in [5.74, 6) is -0.586. The minimum Gasteiger partial charge on any atom is -0.495 e. The molecule has 0 aliphatic carbocycles. The Balaban J connectivity index is 2.10. The zero-order valence-electron chi connectivity index (χ0n) is 23.2. The summed E-state index contributed by atoms with van der Waals surface area (Å²) in [4.78, 5) is 28.9. The molecule has 3 aromatic rings. The van der Waals surface area contributed by atoms with Crippen LogP contribution in [0.5, 0.6) is 5.75 Å². The summed E-state index contributed by atoms with van der Waals surface area (Å²) in [7, 11) is -2.76. The van der Waals surface area contributed by atoms with Crippen molar-refractivity contribution in [3.8, 4) is 5.75 Å². The highest BCUT2D eigenvalue weighted by Gasteiger charge is 2.35. The summed E-state index contributed by atoms with van der Waals surface area (Å²) in [6.45, 7) is 5.12. The molecule has 214 valence electrons. The van der Waals surface area contributed by atoms with Crippen LogP contribution in [0.3, 0.4) is 0 Å². The molecular formula is C30H36ClN3O5S. The molecule has 40 heavy (non-hydrogen) atoms. The number of rotatable bonds is 13. The van der Waals surface area contributed by atoms with E-state index in [1.807, 2.05) is 20.8 Å². The Hall–Kier alpha value is -3.56. The first-order valence-corrected chi connectivity index (χ1v) is 15.0. The van der Waals surface area contributed by atoms with Gasteiger partial charge in [-0.05, 0) is 55.7 Å². The van der Waals surface area contributed by atoms with Crippen molar-refractivity contribution in [1.82, 2.24) is 10.2 Å². The molecule has 2 amide bonds. The van der Waals surface area contributed by atoms with Gasteiger partial charge in [-0.1, -0.05) is 74.0 Å². The Labute approximate surface area is 241 Å². The fraction of sp³-hybridized carbons (Fsp3) is 0.333. The van der Waals surface area contributed by atoms with Crippen molar-refractivity contribution in [3.63, 3.8) is 0 Å². The lowest BCUT2D eigenvalue weighted by Crippen LogP contribution is -2.53. The summed E-state index contributed by atoms with van der Waals surface area (Å²) in [5.41, 5.74) is 0.846. The maximum absolute atomic E-state index is 14.1. The van der Waals surface area contributed by atoms with E-state index in [1.54, 1.807) is 66.7 Å². The van der Waals surface area contributed by atoms with Gasteiger partial charge < -0.3 is 15.0 Å². The van der Waals surface area contributed by atoms with Crippen molar-refractivity contribution in [2.45, 2.75) is 57.1 Å². The molecule has 3 aromatic carbocycles. The van der Waals surface area contributed by atoms with Crippen LogP contribution in [0.15, 0.2) is 83.8 Å². The number of carbonyl (C=O) groups is 2. The highest BCUT2D eigenvalue weighted by molar-refractivity contribution is 7.92. The summed E-state index contributed by atoms with van der Waals surface area (Å²) in [6, 6.07) is 20.6. The van der Waals surface area contributed by atoms with Crippen molar-refractivity contribution in [2.75, 3.05) is 18.0 Å². The molecule has 8 nitrogen and oxygen atoms in total. The maximum atomic E-state index is 14.1. The normalized spacial score (nSPS) is 12.7. The fourth-order valence-corrected chi connectivity index (χ4v) is 5.88. The molecule has 0 spiro atoms. The third kappa shape index (κ3) is 7.34. The minimum atomic E-state index is -4.19. The van der Waals surface area contributed by atoms with E-state index in [0.717, 1.165) is 10.7 Å². The van der Waals surface area contributed by atoms with Crippen LogP contribution in [0.2, 0.25) is 5.02 Å². The first kappa shape index (κ1) is 31.0. The van der Waals surface area contributed by atoms with E-state index in [2.05, 4.69) is 5.32 Å². The minimum absolute atomic E-state index is 0.0212. The fourth-order valence-electron chi connectivity index (χ4n) is 4.24. The number of halogens is 1. The monoisotopic (exact) mass is 585 g/mol. The number of methoxy groups -OCH3 is 1. The third-order valence-electron chi connectivity index (χ3n) is 6.65. The zero-order valence-corrected chi connectivity index (χ0v) is 24.8. The van der Waals surface area contributed by atoms with E-state index in [4.69, 9.17) is 16.3 Å².